The van der Waals surface area contributed by atoms with E-state index < -0.39 is 49.4 Å². The average Bonchev–Trinajstić information content (AvgIpc) is 4.13. The lowest BCUT2D eigenvalue weighted by Gasteiger charge is -2.41. The zero-order chi connectivity index (χ0) is 49.9. The highest BCUT2D eigenvalue weighted by Gasteiger charge is 2.49. The number of imide groups is 1. The second-order valence-corrected chi connectivity index (χ2v) is 22.6. The number of fused-ring (bicyclic) bond motifs is 2. The third kappa shape index (κ3) is 13.6. The molecule has 1 aromatic carbocycles. The van der Waals surface area contributed by atoms with Gasteiger partial charge in [-0.1, -0.05) is 84.2 Å². The van der Waals surface area contributed by atoms with Crippen LogP contribution < -0.4 is 0 Å². The number of hydrogen-bond donors (Lipinski definition) is 1. The fraction of sp³-hybridized carbons (Fsp3) is 0.731. The molecule has 1 unspecified atom stereocenters. The lowest BCUT2D eigenvalue weighted by molar-refractivity contribution is -0.149. The lowest BCUT2D eigenvalue weighted by atomic mass is 9.83. The Balaban J connectivity index is 1.22. The monoisotopic (exact) mass is 969 g/mol. The minimum atomic E-state index is -4.32. The first-order valence-corrected chi connectivity index (χ1v) is 26.9. The number of piperidine rings is 1. The summed E-state index contributed by atoms with van der Waals surface area (Å²) in [6.07, 6.45) is 8.97. The van der Waals surface area contributed by atoms with Gasteiger partial charge in [0.05, 0.1) is 49.0 Å². The summed E-state index contributed by atoms with van der Waals surface area (Å²) in [5, 5.41) is 0. The van der Waals surface area contributed by atoms with Gasteiger partial charge in [0.15, 0.2) is 5.78 Å². The third-order valence-corrected chi connectivity index (χ3v) is 17.6. The van der Waals surface area contributed by atoms with Gasteiger partial charge in [0.1, 0.15) is 5.78 Å². The van der Waals surface area contributed by atoms with Crippen molar-refractivity contribution in [1.82, 2.24) is 19.6 Å². The molecule has 5 rings (SSSR count). The van der Waals surface area contributed by atoms with Crippen molar-refractivity contribution in [2.75, 3.05) is 48.0 Å². The number of Topliss-reactive ketones (excluding diaryl/α,β-unsaturated/α-hetero) is 2. The Morgan fingerprint density at radius 3 is 2.18 bits per heavy atom. The quantitative estimate of drug-likeness (QED) is 0.0501. The lowest BCUT2D eigenvalue weighted by Crippen LogP contribution is -2.54. The van der Waals surface area contributed by atoms with Crippen LogP contribution in [0.5, 0.6) is 0 Å². The Morgan fingerprint density at radius 1 is 0.897 bits per heavy atom. The molecule has 0 aromatic heterocycles. The van der Waals surface area contributed by atoms with Crippen molar-refractivity contribution in [2.24, 2.45) is 29.6 Å². The number of nitrogens with zero attached hydrogens (tertiary/aromatic N) is 4. The molecule has 16 heteroatoms. The van der Waals surface area contributed by atoms with Crippen molar-refractivity contribution in [3.05, 3.63) is 48.0 Å². The zero-order valence-electron chi connectivity index (χ0n) is 42.3. The Kier molecular flexibility index (Phi) is 20.8. The molecule has 1 N–H and O–H groups in total. The van der Waals surface area contributed by atoms with Crippen LogP contribution in [-0.2, 0) is 53.8 Å². The van der Waals surface area contributed by atoms with Crippen LogP contribution in [-0.4, -0.2) is 150 Å². The Hall–Kier alpha value is -3.59. The Labute approximate surface area is 405 Å². The molecule has 2 saturated heterocycles. The van der Waals surface area contributed by atoms with Gasteiger partial charge in [0.2, 0.25) is 11.8 Å². The van der Waals surface area contributed by atoms with Gasteiger partial charge in [-0.3, -0.25) is 43.1 Å². The van der Waals surface area contributed by atoms with Crippen LogP contribution in [0.25, 0.3) is 0 Å². The van der Waals surface area contributed by atoms with E-state index in [4.69, 9.17) is 14.0 Å². The first kappa shape index (κ1) is 55.3. The summed E-state index contributed by atoms with van der Waals surface area (Å²) in [5.41, 5.74) is -0.231. The molecular formula is C52H81N4O11P. The van der Waals surface area contributed by atoms with Crippen LogP contribution >= 0.6 is 7.60 Å². The van der Waals surface area contributed by atoms with Gasteiger partial charge in [0, 0.05) is 77.2 Å². The van der Waals surface area contributed by atoms with Crippen molar-refractivity contribution in [3.8, 4) is 0 Å². The number of likely N-dealkylation sites (N-methyl/N-ethyl adjacent to an activating group) is 2. The summed E-state index contributed by atoms with van der Waals surface area (Å²) in [7, 11) is 2.59. The van der Waals surface area contributed by atoms with E-state index in [1.807, 2.05) is 51.2 Å². The predicted molar refractivity (Wildman–Crippen MR) is 260 cm³/mol. The first-order chi connectivity index (χ1) is 32.3. The number of ether oxygens (including phenoxy) is 2. The average molecular weight is 969 g/mol. The van der Waals surface area contributed by atoms with E-state index in [0.717, 1.165) is 31.2 Å². The predicted octanol–water partition coefficient (Wildman–Crippen LogP) is 6.88. The number of amides is 4. The zero-order valence-corrected chi connectivity index (χ0v) is 43.2. The van der Waals surface area contributed by atoms with Crippen molar-refractivity contribution < 1.29 is 52.2 Å². The molecule has 3 fully saturated rings. The molecule has 4 aliphatic rings. The van der Waals surface area contributed by atoms with E-state index in [9.17, 15) is 38.2 Å². The number of methoxy groups -OCH3 is 2. The molecule has 3 heterocycles. The molecule has 15 nitrogen and oxygen atoms in total. The number of hydrogen-bond acceptors (Lipinski definition) is 11. The minimum Gasteiger partial charge on any atom is -0.379 e. The van der Waals surface area contributed by atoms with E-state index in [0.29, 0.717) is 63.6 Å². The molecule has 12 atom stereocenters. The van der Waals surface area contributed by atoms with Gasteiger partial charge in [-0.05, 0) is 81.7 Å². The first-order valence-electron chi connectivity index (χ1n) is 25.3. The van der Waals surface area contributed by atoms with Crippen LogP contribution in [0.1, 0.15) is 124 Å². The molecule has 4 amide bonds. The normalized spacial score (nSPS) is 24.5. The smallest absolute Gasteiger partial charge is 0.331 e. The molecular weight excluding hydrogens is 888 g/mol. The number of ketones is 2. The van der Waals surface area contributed by atoms with Crippen molar-refractivity contribution in [1.29, 1.82) is 0 Å². The van der Waals surface area contributed by atoms with Crippen LogP contribution in [0.4, 0.5) is 0 Å². The summed E-state index contributed by atoms with van der Waals surface area (Å²) in [6.45, 7) is 10.6. The highest BCUT2D eigenvalue weighted by Crippen LogP contribution is 2.51. The summed E-state index contributed by atoms with van der Waals surface area (Å²) >= 11 is 0. The molecule has 3 aliphatic heterocycles. The van der Waals surface area contributed by atoms with Crippen LogP contribution in [0.15, 0.2) is 42.5 Å². The van der Waals surface area contributed by atoms with Crippen LogP contribution in [0.2, 0.25) is 0 Å². The molecule has 1 aliphatic carbocycles. The van der Waals surface area contributed by atoms with E-state index in [1.165, 1.54) is 24.2 Å². The highest BCUT2D eigenvalue weighted by molar-refractivity contribution is 7.53. The van der Waals surface area contributed by atoms with Crippen molar-refractivity contribution in [2.45, 2.75) is 167 Å². The number of rotatable bonds is 29. The Bertz CT molecular complexity index is 1940. The fourth-order valence-electron chi connectivity index (χ4n) is 11.5. The van der Waals surface area contributed by atoms with Gasteiger partial charge in [-0.2, -0.15) is 0 Å². The largest absolute Gasteiger partial charge is 0.379 e. The number of carbonyl (C=O) groups is 6. The second kappa shape index (κ2) is 25.5. The summed E-state index contributed by atoms with van der Waals surface area (Å²) in [6, 6.07) is 8.64. The fourth-order valence-corrected chi connectivity index (χ4v) is 13.0. The molecule has 68 heavy (non-hydrogen) atoms. The molecule has 380 valence electrons. The SMILES string of the molecule is CC[C@H](C)[C@@H]([C@@H](CC(=O)N1CCC[C@H]1[C@H](OC)[C@@H](C)C(=O)C[C@@H](Cc1ccccc1)P(=O)(O)OCCCCCCN1C(=O)C=CC1=O)OC)N(C)C(=O)[C@@H](CC(=O)[C@@H]1[C@H]2CC[C@H](C2)N1C)C(C)C. The molecule has 1 saturated carbocycles. The maximum Gasteiger partial charge on any atom is 0.331 e. The van der Waals surface area contributed by atoms with Gasteiger partial charge < -0.3 is 28.7 Å². The van der Waals surface area contributed by atoms with E-state index >= 15 is 0 Å². The van der Waals surface area contributed by atoms with Gasteiger partial charge in [-0.15, -0.1) is 0 Å². The van der Waals surface area contributed by atoms with Gasteiger partial charge >= 0.3 is 7.60 Å². The standard InChI is InChI=1S/C52H81N4O11P/c1-10-35(4)49(54(7)52(62)41(34(2)3)32-44(58)50-38-22-23-39(30-38)53(50)6)45(65-8)33-48(61)55-27-18-21-42(55)51(66-9)36(5)43(57)31-40(29-37-19-14-13-15-20-37)68(63,64)67-28-17-12-11-16-26-56-46(59)24-25-47(56)60/h13-15,19-20,24-25,34-36,38-42,45,49-51H,10-12,16-18,21-23,26-33H2,1-9H3,(H,63,64)/t35-,36-,38-,39+,40+,41-,42-,45+,49-,50-,51+/m0/s1. The van der Waals surface area contributed by atoms with Crippen LogP contribution in [0.3, 0.4) is 0 Å². The highest BCUT2D eigenvalue weighted by atomic mass is 31.2. The van der Waals surface area contributed by atoms with E-state index in [-0.39, 0.29) is 85.4 Å². The molecule has 2 bridgehead atoms. The van der Waals surface area contributed by atoms with E-state index in [2.05, 4.69) is 18.7 Å². The van der Waals surface area contributed by atoms with Crippen LogP contribution in [0, 0.1) is 29.6 Å². The summed E-state index contributed by atoms with van der Waals surface area (Å²) in [5.74, 6) is -2.05. The maximum absolute atomic E-state index is 14.5. The summed E-state index contributed by atoms with van der Waals surface area (Å²) < 4.78 is 31.8. The van der Waals surface area contributed by atoms with Gasteiger partial charge in [0.25, 0.3) is 11.8 Å². The van der Waals surface area contributed by atoms with E-state index in [1.54, 1.807) is 30.9 Å². The summed E-state index contributed by atoms with van der Waals surface area (Å²) in [4.78, 5) is 99.1. The Morgan fingerprint density at radius 2 is 1.57 bits per heavy atom. The van der Waals surface area contributed by atoms with Gasteiger partial charge in [-0.25, -0.2) is 0 Å². The second-order valence-electron chi connectivity index (χ2n) is 20.4. The minimum absolute atomic E-state index is 0.000935. The topological polar surface area (TPSA) is 180 Å². The number of benzene rings is 1. The number of unbranched alkanes of at least 4 members (excludes halogenated alkanes) is 3. The maximum atomic E-state index is 14.5. The van der Waals surface area contributed by atoms with Crippen molar-refractivity contribution >= 4 is 42.8 Å². The molecule has 0 radical (unpaired) electrons. The number of likely N-dealkylation sites (tertiary alicyclic amines) is 2. The van der Waals surface area contributed by atoms with Crippen molar-refractivity contribution in [3.63, 3.8) is 0 Å². The molecule has 1 aromatic rings. The third-order valence-electron chi connectivity index (χ3n) is 15.8. The number of carbonyl (C=O) groups excluding carboxylic acids is 6. The molecule has 0 spiro atoms.